The molecule has 1 saturated carbocycles. The number of aromatic carboxylic acids is 1. The van der Waals surface area contributed by atoms with Gasteiger partial charge < -0.3 is 14.6 Å². The molecule has 1 N–H and O–H groups in total. The van der Waals surface area contributed by atoms with Gasteiger partial charge in [-0.3, -0.25) is 4.79 Å². The molecule has 2 heterocycles. The van der Waals surface area contributed by atoms with Crippen LogP contribution in [0, 0.1) is 0 Å². The van der Waals surface area contributed by atoms with Crippen LogP contribution < -0.4 is 5.56 Å². The van der Waals surface area contributed by atoms with Crippen molar-refractivity contribution in [2.45, 2.75) is 44.7 Å². The summed E-state index contributed by atoms with van der Waals surface area (Å²) in [6.07, 6.45) is 5.07. The third-order valence-corrected chi connectivity index (χ3v) is 4.52. The van der Waals surface area contributed by atoms with Crippen molar-refractivity contribution in [3.8, 4) is 0 Å². The van der Waals surface area contributed by atoms with Crippen LogP contribution in [0.25, 0.3) is 0 Å². The highest BCUT2D eigenvalue weighted by atomic mass is 16.4. The summed E-state index contributed by atoms with van der Waals surface area (Å²) < 4.78 is 1.80. The number of hydrogen-bond donors (Lipinski definition) is 1. The van der Waals surface area contributed by atoms with Crippen molar-refractivity contribution >= 4 is 5.97 Å². The summed E-state index contributed by atoms with van der Waals surface area (Å²) in [5.74, 6) is -1.11. The fraction of sp³-hybridized carbons (Fsp3) is 0.600. The minimum atomic E-state index is -1.11. The zero-order chi connectivity index (χ0) is 14.3. The van der Waals surface area contributed by atoms with E-state index in [1.165, 1.54) is 0 Å². The molecule has 108 valence electrons. The number of nitrogens with zero attached hydrogens (tertiary/aromatic N) is 2. The zero-order valence-corrected chi connectivity index (χ0v) is 11.8. The monoisotopic (exact) mass is 276 g/mol. The SMILES string of the molecule is CN1CCc2c(cc(C(=O)O)c(=O)n2C2CCCC2)C1. The molecule has 2 aliphatic rings. The van der Waals surface area contributed by atoms with Crippen LogP contribution >= 0.6 is 0 Å². The predicted octanol–water partition coefficient (Wildman–Crippen LogP) is 1.65. The average molecular weight is 276 g/mol. The van der Waals surface area contributed by atoms with Gasteiger partial charge in [-0.05, 0) is 31.5 Å². The number of fused-ring (bicyclic) bond motifs is 1. The summed E-state index contributed by atoms with van der Waals surface area (Å²) >= 11 is 0. The second kappa shape index (κ2) is 5.05. The summed E-state index contributed by atoms with van der Waals surface area (Å²) in [6.45, 7) is 1.65. The molecule has 0 aromatic carbocycles. The first-order chi connectivity index (χ1) is 9.58. The average Bonchev–Trinajstić information content (AvgIpc) is 2.91. The molecule has 5 heteroatoms. The lowest BCUT2D eigenvalue weighted by Gasteiger charge is -2.30. The van der Waals surface area contributed by atoms with Gasteiger partial charge in [-0.15, -0.1) is 0 Å². The minimum Gasteiger partial charge on any atom is -0.477 e. The third-order valence-electron chi connectivity index (χ3n) is 4.52. The molecule has 20 heavy (non-hydrogen) atoms. The van der Waals surface area contributed by atoms with Crippen LogP contribution in [0.4, 0.5) is 0 Å². The molecule has 3 rings (SSSR count). The number of hydrogen-bond acceptors (Lipinski definition) is 3. The molecule has 1 aromatic heterocycles. The first-order valence-corrected chi connectivity index (χ1v) is 7.27. The van der Waals surface area contributed by atoms with Gasteiger partial charge in [0.15, 0.2) is 0 Å². The topological polar surface area (TPSA) is 62.5 Å². The number of carboxylic acid groups (broad SMARTS) is 1. The van der Waals surface area contributed by atoms with E-state index in [4.69, 9.17) is 0 Å². The largest absolute Gasteiger partial charge is 0.477 e. The molecule has 0 spiro atoms. The van der Waals surface area contributed by atoms with Gasteiger partial charge in [0.2, 0.25) is 0 Å². The van der Waals surface area contributed by atoms with E-state index >= 15 is 0 Å². The summed E-state index contributed by atoms with van der Waals surface area (Å²) in [6, 6.07) is 1.78. The first-order valence-electron chi connectivity index (χ1n) is 7.27. The van der Waals surface area contributed by atoms with Gasteiger partial charge in [0.25, 0.3) is 5.56 Å². The van der Waals surface area contributed by atoms with E-state index in [-0.39, 0.29) is 17.2 Å². The van der Waals surface area contributed by atoms with Crippen LogP contribution in [0.3, 0.4) is 0 Å². The van der Waals surface area contributed by atoms with Gasteiger partial charge in [0, 0.05) is 31.2 Å². The highest BCUT2D eigenvalue weighted by molar-refractivity contribution is 5.87. The van der Waals surface area contributed by atoms with E-state index in [2.05, 4.69) is 4.90 Å². The summed E-state index contributed by atoms with van der Waals surface area (Å²) in [4.78, 5) is 26.0. The number of likely N-dealkylation sites (N-methyl/N-ethyl adjacent to an activating group) is 1. The van der Waals surface area contributed by atoms with Crippen LogP contribution in [0.5, 0.6) is 0 Å². The molecule has 0 amide bonds. The molecule has 0 radical (unpaired) electrons. The fourth-order valence-electron chi connectivity index (χ4n) is 3.51. The molecule has 5 nitrogen and oxygen atoms in total. The molecular formula is C15H20N2O3. The van der Waals surface area contributed by atoms with E-state index < -0.39 is 5.97 Å². The maximum atomic E-state index is 12.5. The van der Waals surface area contributed by atoms with Gasteiger partial charge >= 0.3 is 5.97 Å². The van der Waals surface area contributed by atoms with Crippen molar-refractivity contribution in [3.05, 3.63) is 33.2 Å². The standard InChI is InChI=1S/C15H20N2O3/c1-16-7-6-13-10(9-16)8-12(15(19)20)14(18)17(13)11-4-2-3-5-11/h8,11H,2-7,9H2,1H3,(H,19,20). The molecule has 1 aliphatic heterocycles. The smallest absolute Gasteiger partial charge is 0.341 e. The van der Waals surface area contributed by atoms with E-state index in [9.17, 15) is 14.7 Å². The third kappa shape index (κ3) is 2.16. The normalized spacial score (nSPS) is 20.1. The van der Waals surface area contributed by atoms with E-state index in [0.717, 1.165) is 56.5 Å². The fourth-order valence-corrected chi connectivity index (χ4v) is 3.51. The number of aromatic nitrogens is 1. The lowest BCUT2D eigenvalue weighted by atomic mass is 10.0. The van der Waals surface area contributed by atoms with Gasteiger partial charge in [-0.1, -0.05) is 12.8 Å². The minimum absolute atomic E-state index is 0.0778. The summed E-state index contributed by atoms with van der Waals surface area (Å²) in [7, 11) is 2.02. The van der Waals surface area contributed by atoms with Gasteiger partial charge in [-0.2, -0.15) is 0 Å². The second-order valence-electron chi connectivity index (χ2n) is 5.94. The summed E-state index contributed by atoms with van der Waals surface area (Å²) in [5.41, 5.74) is 1.67. The maximum absolute atomic E-state index is 12.5. The molecule has 0 atom stereocenters. The second-order valence-corrected chi connectivity index (χ2v) is 5.94. The molecule has 0 bridgehead atoms. The Bertz CT molecular complexity index is 600. The van der Waals surface area contributed by atoms with Crippen molar-refractivity contribution in [3.63, 3.8) is 0 Å². The van der Waals surface area contributed by atoms with Crippen molar-refractivity contribution in [1.82, 2.24) is 9.47 Å². The first kappa shape index (κ1) is 13.4. The Morgan fingerprint density at radius 3 is 2.70 bits per heavy atom. The van der Waals surface area contributed by atoms with E-state index in [0.29, 0.717) is 0 Å². The molecule has 0 unspecified atom stereocenters. The Balaban J connectivity index is 2.19. The van der Waals surface area contributed by atoms with Crippen LogP contribution in [-0.4, -0.2) is 34.1 Å². The lowest BCUT2D eigenvalue weighted by molar-refractivity contribution is 0.0693. The van der Waals surface area contributed by atoms with Gasteiger partial charge in [0.1, 0.15) is 5.56 Å². The number of carbonyl (C=O) groups is 1. The number of pyridine rings is 1. The van der Waals surface area contributed by atoms with Crippen molar-refractivity contribution in [1.29, 1.82) is 0 Å². The van der Waals surface area contributed by atoms with Crippen LogP contribution in [-0.2, 0) is 13.0 Å². The number of carboxylic acids is 1. The Kier molecular flexibility index (Phi) is 3.38. The molecule has 0 saturated heterocycles. The van der Waals surface area contributed by atoms with E-state index in [1.807, 2.05) is 7.05 Å². The molecule has 1 aromatic rings. The maximum Gasteiger partial charge on any atom is 0.341 e. The Labute approximate surface area is 117 Å². The molecule has 1 aliphatic carbocycles. The van der Waals surface area contributed by atoms with Crippen molar-refractivity contribution in [2.24, 2.45) is 0 Å². The Morgan fingerprint density at radius 1 is 1.35 bits per heavy atom. The van der Waals surface area contributed by atoms with Gasteiger partial charge in [-0.25, -0.2) is 4.79 Å². The predicted molar refractivity (Wildman–Crippen MR) is 75.2 cm³/mol. The molecular weight excluding hydrogens is 256 g/mol. The zero-order valence-electron chi connectivity index (χ0n) is 11.8. The quantitative estimate of drug-likeness (QED) is 0.892. The van der Waals surface area contributed by atoms with Crippen LogP contribution in [0.2, 0.25) is 0 Å². The van der Waals surface area contributed by atoms with Crippen molar-refractivity contribution in [2.75, 3.05) is 13.6 Å². The highest BCUT2D eigenvalue weighted by Crippen LogP contribution is 2.31. The summed E-state index contributed by atoms with van der Waals surface area (Å²) in [5, 5.41) is 9.27. The number of rotatable bonds is 2. The molecule has 1 fully saturated rings. The van der Waals surface area contributed by atoms with Gasteiger partial charge in [0.05, 0.1) is 0 Å². The Hall–Kier alpha value is -1.62. The Morgan fingerprint density at radius 2 is 2.05 bits per heavy atom. The van der Waals surface area contributed by atoms with Crippen LogP contribution in [0.15, 0.2) is 10.9 Å². The highest BCUT2D eigenvalue weighted by Gasteiger charge is 2.27. The van der Waals surface area contributed by atoms with E-state index in [1.54, 1.807) is 10.6 Å². The van der Waals surface area contributed by atoms with Crippen LogP contribution in [0.1, 0.15) is 53.3 Å². The lowest BCUT2D eigenvalue weighted by Crippen LogP contribution is -2.37. The van der Waals surface area contributed by atoms with Crippen molar-refractivity contribution < 1.29 is 9.90 Å².